The number of amides is 2. The molecule has 0 bridgehead atoms. The Bertz CT molecular complexity index is 1760. The average molecular weight is 644 g/mol. The second kappa shape index (κ2) is 15.0. The number of rotatable bonds is 13. The lowest BCUT2D eigenvalue weighted by molar-refractivity contribution is -0.139. The Morgan fingerprint density at radius 1 is 0.761 bits per heavy atom. The summed E-state index contributed by atoms with van der Waals surface area (Å²) in [6, 6.07) is 25.9. The normalized spacial score (nSPS) is 11.8. The molecule has 0 aliphatic rings. The van der Waals surface area contributed by atoms with Crippen molar-refractivity contribution in [2.45, 2.75) is 44.7 Å². The van der Waals surface area contributed by atoms with Gasteiger partial charge < -0.3 is 19.7 Å². The van der Waals surface area contributed by atoms with Gasteiger partial charge in [0.2, 0.25) is 11.8 Å². The number of ether oxygens (including phenoxy) is 2. The summed E-state index contributed by atoms with van der Waals surface area (Å²) in [6.45, 7) is 5.25. The van der Waals surface area contributed by atoms with E-state index in [1.807, 2.05) is 81.4 Å². The number of methoxy groups -OCH3 is 2. The van der Waals surface area contributed by atoms with Gasteiger partial charge in [0.15, 0.2) is 11.5 Å². The maximum atomic E-state index is 14.5. The molecule has 4 aromatic carbocycles. The molecule has 0 aliphatic heterocycles. The molecule has 10 heteroatoms. The molecule has 0 spiro atoms. The van der Waals surface area contributed by atoms with E-state index in [4.69, 9.17) is 9.47 Å². The van der Waals surface area contributed by atoms with E-state index in [0.29, 0.717) is 11.4 Å². The minimum Gasteiger partial charge on any atom is -0.493 e. The minimum absolute atomic E-state index is 0.0747. The van der Waals surface area contributed by atoms with Crippen LogP contribution in [0.4, 0.5) is 5.69 Å². The molecule has 0 fully saturated rings. The molecule has 46 heavy (non-hydrogen) atoms. The van der Waals surface area contributed by atoms with E-state index in [9.17, 15) is 18.0 Å². The summed E-state index contributed by atoms with van der Waals surface area (Å²) in [6.07, 6.45) is 0.240. The summed E-state index contributed by atoms with van der Waals surface area (Å²) in [5.41, 5.74) is 4.72. The van der Waals surface area contributed by atoms with Crippen LogP contribution in [0.5, 0.6) is 11.5 Å². The maximum Gasteiger partial charge on any atom is 0.264 e. The summed E-state index contributed by atoms with van der Waals surface area (Å²) >= 11 is 0. The van der Waals surface area contributed by atoms with Crippen LogP contribution in [-0.2, 0) is 32.6 Å². The SMILES string of the molecule is CNC(=O)[C@@H](Cc1ccccc1)N(Cc1ccc(C)cc1)C(=O)CN(c1cc(C)cc(C)c1)S(=O)(=O)c1ccc(OC)c(OC)c1. The molecule has 0 saturated heterocycles. The van der Waals surface area contributed by atoms with Gasteiger partial charge in [-0.1, -0.05) is 66.2 Å². The predicted molar refractivity (Wildman–Crippen MR) is 180 cm³/mol. The molecule has 242 valence electrons. The van der Waals surface area contributed by atoms with Gasteiger partial charge in [-0.15, -0.1) is 0 Å². The van der Waals surface area contributed by atoms with E-state index < -0.39 is 28.5 Å². The van der Waals surface area contributed by atoms with Gasteiger partial charge in [-0.05, 0) is 67.3 Å². The van der Waals surface area contributed by atoms with Crippen LogP contribution in [-0.4, -0.2) is 59.0 Å². The predicted octanol–water partition coefficient (Wildman–Crippen LogP) is 5.21. The first-order chi connectivity index (χ1) is 22.0. The molecular formula is C36H41N3O6S. The van der Waals surface area contributed by atoms with Crippen LogP contribution >= 0.6 is 0 Å². The molecule has 0 aromatic heterocycles. The highest BCUT2D eigenvalue weighted by molar-refractivity contribution is 7.92. The van der Waals surface area contributed by atoms with Gasteiger partial charge in [-0.2, -0.15) is 0 Å². The zero-order chi connectivity index (χ0) is 33.4. The lowest BCUT2D eigenvalue weighted by Crippen LogP contribution is -2.53. The molecule has 9 nitrogen and oxygen atoms in total. The third-order valence-electron chi connectivity index (χ3n) is 7.71. The summed E-state index contributed by atoms with van der Waals surface area (Å²) in [4.78, 5) is 29.3. The average Bonchev–Trinajstić information content (AvgIpc) is 3.05. The van der Waals surface area contributed by atoms with Crippen molar-refractivity contribution in [2.24, 2.45) is 0 Å². The molecule has 2 amide bonds. The zero-order valence-electron chi connectivity index (χ0n) is 27.1. The van der Waals surface area contributed by atoms with E-state index in [1.165, 1.54) is 44.4 Å². The van der Waals surface area contributed by atoms with Gasteiger partial charge >= 0.3 is 0 Å². The molecule has 0 radical (unpaired) electrons. The summed E-state index contributed by atoms with van der Waals surface area (Å²) in [5.74, 6) is -0.286. The first-order valence-corrected chi connectivity index (χ1v) is 16.3. The number of aryl methyl sites for hydroxylation is 3. The molecule has 1 atom stereocenters. The zero-order valence-corrected chi connectivity index (χ0v) is 27.9. The fraction of sp³-hybridized carbons (Fsp3) is 0.278. The molecule has 1 N–H and O–H groups in total. The van der Waals surface area contributed by atoms with E-state index >= 15 is 0 Å². The van der Waals surface area contributed by atoms with Gasteiger partial charge in [0.05, 0.1) is 24.8 Å². The Hall–Kier alpha value is -4.83. The first-order valence-electron chi connectivity index (χ1n) is 14.9. The van der Waals surface area contributed by atoms with Crippen molar-refractivity contribution in [3.8, 4) is 11.5 Å². The number of hydrogen-bond donors (Lipinski definition) is 1. The van der Waals surface area contributed by atoms with Crippen molar-refractivity contribution >= 4 is 27.5 Å². The number of carbonyl (C=O) groups excluding carboxylic acids is 2. The Balaban J connectivity index is 1.83. The Labute approximate surface area is 271 Å². The minimum atomic E-state index is -4.31. The molecule has 0 heterocycles. The number of hydrogen-bond acceptors (Lipinski definition) is 6. The van der Waals surface area contributed by atoms with Crippen LogP contribution in [0.25, 0.3) is 0 Å². The molecule has 4 aromatic rings. The van der Waals surface area contributed by atoms with E-state index in [2.05, 4.69) is 5.32 Å². The summed E-state index contributed by atoms with van der Waals surface area (Å²) in [5, 5.41) is 2.70. The van der Waals surface area contributed by atoms with Crippen molar-refractivity contribution < 1.29 is 27.5 Å². The van der Waals surface area contributed by atoms with Crippen LogP contribution < -0.4 is 19.1 Å². The monoisotopic (exact) mass is 643 g/mol. The molecule has 0 aliphatic carbocycles. The van der Waals surface area contributed by atoms with Gasteiger partial charge in [0, 0.05) is 26.1 Å². The topological polar surface area (TPSA) is 105 Å². The maximum absolute atomic E-state index is 14.5. The van der Waals surface area contributed by atoms with Crippen molar-refractivity contribution in [1.29, 1.82) is 0 Å². The number of sulfonamides is 1. The van der Waals surface area contributed by atoms with Crippen LogP contribution in [0.1, 0.15) is 27.8 Å². The highest BCUT2D eigenvalue weighted by atomic mass is 32.2. The van der Waals surface area contributed by atoms with Crippen LogP contribution in [0.2, 0.25) is 0 Å². The molecule has 0 unspecified atom stereocenters. The quantitative estimate of drug-likeness (QED) is 0.215. The first kappa shape index (κ1) is 34.1. The third-order valence-corrected chi connectivity index (χ3v) is 9.48. The second-order valence-corrected chi connectivity index (χ2v) is 13.1. The second-order valence-electron chi connectivity index (χ2n) is 11.2. The Morgan fingerprint density at radius 3 is 1.98 bits per heavy atom. The highest BCUT2D eigenvalue weighted by Gasteiger charge is 2.35. The smallest absolute Gasteiger partial charge is 0.264 e. The molecule has 4 rings (SSSR count). The summed E-state index contributed by atoms with van der Waals surface area (Å²) < 4.78 is 40.6. The van der Waals surface area contributed by atoms with E-state index in [1.54, 1.807) is 12.1 Å². The fourth-order valence-electron chi connectivity index (χ4n) is 5.34. The number of nitrogens with one attached hydrogen (secondary N) is 1. The van der Waals surface area contributed by atoms with Crippen molar-refractivity contribution in [1.82, 2.24) is 10.2 Å². The fourth-order valence-corrected chi connectivity index (χ4v) is 6.75. The van der Waals surface area contributed by atoms with Crippen LogP contribution in [0.3, 0.4) is 0 Å². The van der Waals surface area contributed by atoms with E-state index in [-0.39, 0.29) is 29.5 Å². The Morgan fingerprint density at radius 2 is 1.39 bits per heavy atom. The van der Waals surface area contributed by atoms with Crippen LogP contribution in [0.15, 0.2) is 95.9 Å². The van der Waals surface area contributed by atoms with Gasteiger partial charge in [-0.25, -0.2) is 8.42 Å². The van der Waals surface area contributed by atoms with Crippen molar-refractivity contribution in [3.63, 3.8) is 0 Å². The number of benzene rings is 4. The van der Waals surface area contributed by atoms with Gasteiger partial charge in [0.25, 0.3) is 10.0 Å². The highest BCUT2D eigenvalue weighted by Crippen LogP contribution is 2.33. The number of nitrogens with zero attached hydrogens (tertiary/aromatic N) is 2. The summed E-state index contributed by atoms with van der Waals surface area (Å²) in [7, 11) is 0.103. The number of carbonyl (C=O) groups is 2. The number of anilines is 1. The van der Waals surface area contributed by atoms with Crippen LogP contribution in [0, 0.1) is 20.8 Å². The lowest BCUT2D eigenvalue weighted by Gasteiger charge is -2.33. The Kier molecular flexibility index (Phi) is 11.1. The lowest BCUT2D eigenvalue weighted by atomic mass is 10.0. The number of likely N-dealkylation sites (N-methyl/N-ethyl adjacent to an activating group) is 1. The van der Waals surface area contributed by atoms with Crippen molar-refractivity contribution in [2.75, 3.05) is 32.1 Å². The molecular weight excluding hydrogens is 602 g/mol. The third kappa shape index (κ3) is 8.06. The van der Waals surface area contributed by atoms with Gasteiger partial charge in [0.1, 0.15) is 12.6 Å². The standard InChI is InChI=1S/C36H41N3O6S/c1-25-12-14-29(15-13-25)23-38(32(36(41)37-4)21-28-10-8-7-9-11-28)35(40)24-39(30-19-26(2)18-27(3)20-30)46(42,43)31-16-17-33(44-5)34(22-31)45-6/h7-20,22,32H,21,23-24H2,1-6H3,(H,37,41)/t32-/m1/s1. The van der Waals surface area contributed by atoms with Gasteiger partial charge in [-0.3, -0.25) is 13.9 Å². The van der Waals surface area contributed by atoms with E-state index in [0.717, 1.165) is 32.1 Å². The largest absolute Gasteiger partial charge is 0.493 e. The van der Waals surface area contributed by atoms with Crippen molar-refractivity contribution in [3.05, 3.63) is 119 Å². The molecule has 0 saturated carbocycles.